The molecular formula is C23H28FN3O5S2. The van der Waals surface area contributed by atoms with Gasteiger partial charge in [0.05, 0.1) is 19.1 Å². The summed E-state index contributed by atoms with van der Waals surface area (Å²) in [5, 5.41) is 0.351. The van der Waals surface area contributed by atoms with Crippen molar-refractivity contribution in [2.75, 3.05) is 51.1 Å². The molecule has 0 aliphatic carbocycles. The lowest BCUT2D eigenvalue weighted by Gasteiger charge is -2.24. The van der Waals surface area contributed by atoms with Crippen LogP contribution in [0.5, 0.6) is 11.5 Å². The molecular weight excluding hydrogens is 481 g/mol. The Morgan fingerprint density at radius 1 is 1.00 bits per heavy atom. The predicted octanol–water partition coefficient (Wildman–Crippen LogP) is 3.60. The van der Waals surface area contributed by atoms with Gasteiger partial charge < -0.3 is 14.4 Å². The van der Waals surface area contributed by atoms with E-state index in [9.17, 15) is 17.6 Å². The Morgan fingerprint density at radius 3 is 2.21 bits per heavy atom. The highest BCUT2D eigenvalue weighted by Crippen LogP contribution is 2.40. The number of methoxy groups -OCH3 is 2. The summed E-state index contributed by atoms with van der Waals surface area (Å²) in [5.41, 5.74) is 0.531. The normalized spacial score (nSPS) is 11.7. The fourth-order valence-electron chi connectivity index (χ4n) is 3.46. The molecule has 0 bridgehead atoms. The Balaban J connectivity index is 1.99. The standard InChI is InChI=1S/C23H28FN3O5S2/c1-5-26(6-2)13-14-27(20(28)15-34(29,30)17-9-7-16(24)8-10-17)23-25-21-18(31-3)11-12-19(32-4)22(21)33-23/h7-12H,5-6,13-15H2,1-4H3. The first-order valence-corrected chi connectivity index (χ1v) is 13.2. The number of ether oxygens (including phenoxy) is 2. The molecule has 0 N–H and O–H groups in total. The zero-order chi connectivity index (χ0) is 24.9. The van der Waals surface area contributed by atoms with Crippen molar-refractivity contribution in [2.24, 2.45) is 0 Å². The van der Waals surface area contributed by atoms with Gasteiger partial charge in [0, 0.05) is 13.1 Å². The molecule has 0 aliphatic rings. The van der Waals surface area contributed by atoms with Crippen LogP contribution in [0.25, 0.3) is 10.2 Å². The fourth-order valence-corrected chi connectivity index (χ4v) is 5.78. The molecule has 1 aromatic heterocycles. The van der Waals surface area contributed by atoms with Gasteiger partial charge in [-0.15, -0.1) is 0 Å². The lowest BCUT2D eigenvalue weighted by molar-refractivity contribution is -0.116. The molecule has 0 spiro atoms. The van der Waals surface area contributed by atoms with Gasteiger partial charge in [0.2, 0.25) is 5.91 Å². The molecule has 34 heavy (non-hydrogen) atoms. The van der Waals surface area contributed by atoms with Gasteiger partial charge in [-0.05, 0) is 49.5 Å². The highest BCUT2D eigenvalue weighted by atomic mass is 32.2. The van der Waals surface area contributed by atoms with Gasteiger partial charge in [-0.25, -0.2) is 17.8 Å². The molecule has 8 nitrogen and oxygen atoms in total. The summed E-state index contributed by atoms with van der Waals surface area (Å²) >= 11 is 1.23. The van der Waals surface area contributed by atoms with E-state index in [0.29, 0.717) is 33.4 Å². The van der Waals surface area contributed by atoms with E-state index in [1.54, 1.807) is 19.2 Å². The van der Waals surface area contributed by atoms with Crippen LogP contribution in [0.1, 0.15) is 13.8 Å². The first-order valence-electron chi connectivity index (χ1n) is 10.8. The number of likely N-dealkylation sites (N-methyl/N-ethyl adjacent to an activating group) is 1. The first kappa shape index (κ1) is 25.9. The van der Waals surface area contributed by atoms with Gasteiger partial charge in [0.25, 0.3) is 0 Å². The van der Waals surface area contributed by atoms with E-state index in [-0.39, 0.29) is 11.4 Å². The average Bonchev–Trinajstić information content (AvgIpc) is 3.26. The Bertz CT molecular complexity index is 1200. The Kier molecular flexibility index (Phi) is 8.45. The van der Waals surface area contributed by atoms with Crippen LogP contribution in [0.15, 0.2) is 41.3 Å². The lowest BCUT2D eigenvalue weighted by atomic mass is 10.3. The van der Waals surface area contributed by atoms with E-state index in [0.717, 1.165) is 37.4 Å². The maximum absolute atomic E-state index is 13.3. The number of fused-ring (bicyclic) bond motifs is 1. The quantitative estimate of drug-likeness (QED) is 0.365. The summed E-state index contributed by atoms with van der Waals surface area (Å²) in [6.07, 6.45) is 0. The SMILES string of the molecule is CCN(CC)CCN(C(=O)CS(=O)(=O)c1ccc(F)cc1)c1nc2c(OC)ccc(OC)c2s1. The average molecular weight is 510 g/mol. The van der Waals surface area contributed by atoms with Crippen molar-refractivity contribution in [1.82, 2.24) is 9.88 Å². The predicted molar refractivity (Wildman–Crippen MR) is 131 cm³/mol. The Morgan fingerprint density at radius 2 is 1.62 bits per heavy atom. The van der Waals surface area contributed by atoms with Crippen molar-refractivity contribution < 1.29 is 27.1 Å². The first-order chi connectivity index (χ1) is 16.2. The van der Waals surface area contributed by atoms with Gasteiger partial charge in [-0.3, -0.25) is 9.69 Å². The lowest BCUT2D eigenvalue weighted by Crippen LogP contribution is -2.41. The second-order valence-corrected chi connectivity index (χ2v) is 10.4. The number of halogens is 1. The molecule has 0 saturated heterocycles. The topological polar surface area (TPSA) is 89.0 Å². The molecule has 2 aromatic carbocycles. The number of carbonyl (C=O) groups excluding carboxylic acids is 1. The van der Waals surface area contributed by atoms with Crippen LogP contribution in [0.2, 0.25) is 0 Å². The summed E-state index contributed by atoms with van der Waals surface area (Å²) in [6.45, 7) is 6.40. The third-order valence-corrected chi connectivity index (χ3v) is 8.16. The van der Waals surface area contributed by atoms with E-state index in [1.807, 2.05) is 13.8 Å². The van der Waals surface area contributed by atoms with E-state index in [4.69, 9.17) is 9.47 Å². The number of thiazole rings is 1. The molecule has 0 unspecified atom stereocenters. The molecule has 0 radical (unpaired) electrons. The largest absolute Gasteiger partial charge is 0.495 e. The Labute approximate surface area is 202 Å². The fraction of sp³-hybridized carbons (Fsp3) is 0.391. The van der Waals surface area contributed by atoms with Crippen molar-refractivity contribution in [3.63, 3.8) is 0 Å². The number of nitrogens with zero attached hydrogens (tertiary/aromatic N) is 3. The van der Waals surface area contributed by atoms with Crippen molar-refractivity contribution in [3.8, 4) is 11.5 Å². The van der Waals surface area contributed by atoms with Crippen LogP contribution in [-0.4, -0.2) is 70.4 Å². The maximum Gasteiger partial charge on any atom is 0.244 e. The van der Waals surface area contributed by atoms with Gasteiger partial charge in [0.1, 0.15) is 33.3 Å². The van der Waals surface area contributed by atoms with Crippen molar-refractivity contribution >= 4 is 42.4 Å². The summed E-state index contributed by atoms with van der Waals surface area (Å²) < 4.78 is 50.5. The minimum atomic E-state index is -3.98. The molecule has 0 fully saturated rings. The number of benzene rings is 2. The molecule has 1 amide bonds. The van der Waals surface area contributed by atoms with Gasteiger partial charge in [-0.2, -0.15) is 0 Å². The van der Waals surface area contributed by atoms with Gasteiger partial charge >= 0.3 is 0 Å². The smallest absolute Gasteiger partial charge is 0.244 e. The monoisotopic (exact) mass is 509 g/mol. The van der Waals surface area contributed by atoms with Crippen LogP contribution < -0.4 is 14.4 Å². The number of amides is 1. The molecule has 11 heteroatoms. The third-order valence-electron chi connectivity index (χ3n) is 5.45. The van der Waals surface area contributed by atoms with Crippen LogP contribution in [0, 0.1) is 5.82 Å². The molecule has 0 aliphatic heterocycles. The number of carbonyl (C=O) groups is 1. The third kappa shape index (κ3) is 5.65. The summed E-state index contributed by atoms with van der Waals surface area (Å²) in [4.78, 5) is 21.4. The summed E-state index contributed by atoms with van der Waals surface area (Å²) in [7, 11) is -0.911. The van der Waals surface area contributed by atoms with Gasteiger partial charge in [0.15, 0.2) is 15.0 Å². The summed E-state index contributed by atoms with van der Waals surface area (Å²) in [5.74, 6) is -0.832. The minimum absolute atomic E-state index is 0.112. The number of anilines is 1. The molecule has 1 heterocycles. The number of aromatic nitrogens is 1. The van der Waals surface area contributed by atoms with Crippen LogP contribution in [0.3, 0.4) is 0 Å². The van der Waals surface area contributed by atoms with Crippen LogP contribution >= 0.6 is 11.3 Å². The number of hydrogen-bond acceptors (Lipinski definition) is 8. The second-order valence-electron chi connectivity index (χ2n) is 7.43. The zero-order valence-corrected chi connectivity index (χ0v) is 21.2. The van der Waals surface area contributed by atoms with E-state index >= 15 is 0 Å². The Hall–Kier alpha value is -2.76. The molecule has 0 atom stereocenters. The summed E-state index contributed by atoms with van der Waals surface area (Å²) in [6, 6.07) is 7.91. The highest BCUT2D eigenvalue weighted by molar-refractivity contribution is 7.92. The molecule has 0 saturated carbocycles. The second kappa shape index (κ2) is 11.1. The van der Waals surface area contributed by atoms with Crippen molar-refractivity contribution in [1.29, 1.82) is 0 Å². The van der Waals surface area contributed by atoms with Crippen LogP contribution in [0.4, 0.5) is 9.52 Å². The minimum Gasteiger partial charge on any atom is -0.495 e. The number of sulfone groups is 1. The highest BCUT2D eigenvalue weighted by Gasteiger charge is 2.28. The number of hydrogen-bond donors (Lipinski definition) is 0. The van der Waals surface area contributed by atoms with E-state index in [1.165, 1.54) is 23.3 Å². The molecule has 184 valence electrons. The van der Waals surface area contributed by atoms with Crippen LogP contribution in [-0.2, 0) is 14.6 Å². The van der Waals surface area contributed by atoms with E-state index in [2.05, 4.69) is 9.88 Å². The molecule has 3 aromatic rings. The van der Waals surface area contributed by atoms with Gasteiger partial charge in [-0.1, -0.05) is 25.2 Å². The maximum atomic E-state index is 13.3. The number of rotatable bonds is 11. The van der Waals surface area contributed by atoms with E-state index < -0.39 is 27.3 Å². The molecule has 3 rings (SSSR count). The van der Waals surface area contributed by atoms with Crippen molar-refractivity contribution in [3.05, 3.63) is 42.2 Å². The zero-order valence-electron chi connectivity index (χ0n) is 19.6. The van der Waals surface area contributed by atoms with Crippen molar-refractivity contribution in [2.45, 2.75) is 18.7 Å².